The van der Waals surface area contributed by atoms with Gasteiger partial charge in [-0.25, -0.2) is 5.01 Å². The van der Waals surface area contributed by atoms with Crippen molar-refractivity contribution in [3.05, 3.63) is 144 Å². The Balaban J connectivity index is 1.71. The molecule has 0 bridgehead atoms. The van der Waals surface area contributed by atoms with Crippen LogP contribution in [-0.2, 0) is 4.87 Å². The number of rotatable bonds is 8. The molecule has 0 amide bonds. The van der Waals surface area contributed by atoms with Crippen molar-refractivity contribution >= 4 is 79.7 Å². The number of halogens is 4. The van der Waals surface area contributed by atoms with Crippen LogP contribution in [0.25, 0.3) is 0 Å². The Morgan fingerprint density at radius 3 is 2.02 bits per heavy atom. The maximum atomic E-state index is 7.07. The van der Waals surface area contributed by atoms with Crippen LogP contribution in [0.5, 0.6) is 0 Å². The minimum atomic E-state index is -0.956. The summed E-state index contributed by atoms with van der Waals surface area (Å²) in [6.07, 6.45) is 0. The van der Waals surface area contributed by atoms with Gasteiger partial charge in [0.2, 0.25) is 5.13 Å². The highest BCUT2D eigenvalue weighted by molar-refractivity contribution is 8.15. The van der Waals surface area contributed by atoms with Crippen LogP contribution in [0.4, 0.5) is 5.13 Å². The lowest BCUT2D eigenvalue weighted by Crippen LogP contribution is -2.46. The standard InChI is InChI=1S/C32H25Cl4N5S2/c1-19-38-39-31(42-19)41-32(20-10-3-2-4-11-20,43-30(40-41)23-14-9-17-27(35)29(23)36)28(22-13-6-8-16-26(22)34)24(18-37)21-12-5-7-15-25(21)33/h2-17,24,28H,18,37H2,1H3. The summed E-state index contributed by atoms with van der Waals surface area (Å²) in [7, 11) is 0. The Morgan fingerprint density at radius 1 is 0.767 bits per heavy atom. The number of nitrogens with two attached hydrogens (primary N) is 1. The lowest BCUT2D eigenvalue weighted by atomic mass is 9.74. The molecule has 0 spiro atoms. The molecule has 0 fully saturated rings. The van der Waals surface area contributed by atoms with Gasteiger partial charge < -0.3 is 5.73 Å². The van der Waals surface area contributed by atoms with Crippen molar-refractivity contribution in [1.82, 2.24) is 10.2 Å². The van der Waals surface area contributed by atoms with Crippen LogP contribution in [0.2, 0.25) is 20.1 Å². The van der Waals surface area contributed by atoms with E-state index in [-0.39, 0.29) is 18.4 Å². The van der Waals surface area contributed by atoms with Crippen molar-refractivity contribution in [1.29, 1.82) is 0 Å². The van der Waals surface area contributed by atoms with E-state index in [9.17, 15) is 0 Å². The van der Waals surface area contributed by atoms with Gasteiger partial charge >= 0.3 is 0 Å². The van der Waals surface area contributed by atoms with E-state index in [4.69, 9.17) is 57.2 Å². The predicted molar refractivity (Wildman–Crippen MR) is 183 cm³/mol. The van der Waals surface area contributed by atoms with Crippen molar-refractivity contribution in [3.63, 3.8) is 0 Å². The summed E-state index contributed by atoms with van der Waals surface area (Å²) in [6, 6.07) is 31.4. The number of hydrogen-bond acceptors (Lipinski definition) is 7. The van der Waals surface area contributed by atoms with E-state index in [0.717, 1.165) is 21.7 Å². The third-order valence-corrected chi connectivity index (χ3v) is 11.2. The first-order valence-electron chi connectivity index (χ1n) is 13.4. The maximum Gasteiger partial charge on any atom is 0.230 e. The Labute approximate surface area is 278 Å². The second-order valence-corrected chi connectivity index (χ2v) is 13.9. The van der Waals surface area contributed by atoms with Gasteiger partial charge in [0.25, 0.3) is 0 Å². The molecule has 0 aliphatic carbocycles. The van der Waals surface area contributed by atoms with Gasteiger partial charge in [-0.2, -0.15) is 5.10 Å². The van der Waals surface area contributed by atoms with Crippen molar-refractivity contribution < 1.29 is 0 Å². The van der Waals surface area contributed by atoms with Crippen molar-refractivity contribution in [2.45, 2.75) is 23.6 Å². The molecular formula is C32H25Cl4N5S2. The van der Waals surface area contributed by atoms with Crippen LogP contribution < -0.4 is 10.7 Å². The molecule has 11 heteroatoms. The molecule has 0 radical (unpaired) electrons. The number of hydrazone groups is 1. The summed E-state index contributed by atoms with van der Waals surface area (Å²) >= 11 is 30.3. The third kappa shape index (κ3) is 5.57. The molecule has 43 heavy (non-hydrogen) atoms. The zero-order valence-electron chi connectivity index (χ0n) is 22.8. The fourth-order valence-corrected chi connectivity index (χ4v) is 8.90. The molecule has 3 unspecified atom stereocenters. The van der Waals surface area contributed by atoms with Gasteiger partial charge in [0, 0.05) is 27.4 Å². The number of benzene rings is 4. The average molecular weight is 686 g/mol. The predicted octanol–water partition coefficient (Wildman–Crippen LogP) is 9.75. The first-order valence-corrected chi connectivity index (χ1v) is 16.6. The summed E-state index contributed by atoms with van der Waals surface area (Å²) < 4.78 is 0. The first kappa shape index (κ1) is 30.4. The number of hydrogen-bond donors (Lipinski definition) is 1. The van der Waals surface area contributed by atoms with E-state index in [1.807, 2.05) is 90.8 Å². The Kier molecular flexibility index (Phi) is 9.04. The highest BCUT2D eigenvalue weighted by atomic mass is 35.5. The first-order chi connectivity index (χ1) is 20.8. The SMILES string of the molecule is Cc1nnc(N2N=C(c3cccc(Cl)c3Cl)SC2(c2ccccc2)C(c2ccccc2Cl)C(CN)c2ccccc2Cl)s1. The van der Waals surface area contributed by atoms with E-state index in [2.05, 4.69) is 22.3 Å². The molecule has 1 aliphatic rings. The largest absolute Gasteiger partial charge is 0.330 e. The van der Waals surface area contributed by atoms with E-state index in [1.54, 1.807) is 17.8 Å². The van der Waals surface area contributed by atoms with Crippen molar-refractivity contribution in [2.24, 2.45) is 10.8 Å². The second-order valence-electron chi connectivity index (χ2n) is 9.95. The van der Waals surface area contributed by atoms with Crippen LogP contribution in [-0.4, -0.2) is 21.8 Å². The topological polar surface area (TPSA) is 67.4 Å². The molecule has 2 N–H and O–H groups in total. The minimum absolute atomic E-state index is 0.283. The highest BCUT2D eigenvalue weighted by Crippen LogP contribution is 2.62. The number of anilines is 1. The number of thioether (sulfide) groups is 1. The molecule has 6 rings (SSSR count). The molecule has 1 aliphatic heterocycles. The zero-order valence-corrected chi connectivity index (χ0v) is 27.5. The van der Waals surface area contributed by atoms with Gasteiger partial charge in [-0.1, -0.05) is 148 Å². The minimum Gasteiger partial charge on any atom is -0.330 e. The smallest absolute Gasteiger partial charge is 0.230 e. The lowest BCUT2D eigenvalue weighted by molar-refractivity contribution is 0.408. The van der Waals surface area contributed by atoms with Crippen LogP contribution >= 0.6 is 69.5 Å². The quantitative estimate of drug-likeness (QED) is 0.176. The second kappa shape index (κ2) is 12.8. The molecule has 5 aromatic rings. The third-order valence-electron chi connectivity index (χ3n) is 7.45. The van der Waals surface area contributed by atoms with Crippen LogP contribution in [0.3, 0.4) is 0 Å². The molecule has 218 valence electrons. The summed E-state index contributed by atoms with van der Waals surface area (Å²) in [4.78, 5) is -0.956. The molecule has 4 aromatic carbocycles. The summed E-state index contributed by atoms with van der Waals surface area (Å²) in [5.41, 5.74) is 10.2. The van der Waals surface area contributed by atoms with E-state index >= 15 is 0 Å². The summed E-state index contributed by atoms with van der Waals surface area (Å²) in [5, 5.41) is 20.3. The normalized spacial score (nSPS) is 18.0. The van der Waals surface area contributed by atoms with Crippen molar-refractivity contribution in [2.75, 3.05) is 11.6 Å². The highest BCUT2D eigenvalue weighted by Gasteiger charge is 2.56. The lowest BCUT2D eigenvalue weighted by Gasteiger charge is -2.45. The molecule has 3 atom stereocenters. The van der Waals surface area contributed by atoms with Gasteiger partial charge in [-0.3, -0.25) is 0 Å². The Morgan fingerprint density at radius 2 is 1.40 bits per heavy atom. The number of aromatic nitrogens is 2. The molecular weight excluding hydrogens is 660 g/mol. The zero-order chi connectivity index (χ0) is 30.1. The van der Waals surface area contributed by atoms with E-state index < -0.39 is 4.87 Å². The molecule has 0 saturated carbocycles. The van der Waals surface area contributed by atoms with Gasteiger partial charge in [-0.05, 0) is 48.4 Å². The fraction of sp³-hybridized carbons (Fsp3) is 0.156. The molecule has 2 heterocycles. The molecule has 0 saturated heterocycles. The van der Waals surface area contributed by atoms with Crippen LogP contribution in [0.1, 0.15) is 39.1 Å². The van der Waals surface area contributed by atoms with E-state index in [1.165, 1.54) is 11.3 Å². The van der Waals surface area contributed by atoms with Gasteiger partial charge in [0.15, 0.2) is 0 Å². The average Bonchev–Trinajstić information content (AvgIpc) is 3.63. The summed E-state index contributed by atoms with van der Waals surface area (Å²) in [5.74, 6) is -0.677. The van der Waals surface area contributed by atoms with Crippen LogP contribution in [0, 0.1) is 6.92 Å². The Hall–Kier alpha value is -2.62. The Bertz CT molecular complexity index is 1800. The monoisotopic (exact) mass is 683 g/mol. The van der Waals surface area contributed by atoms with Crippen LogP contribution in [0.15, 0.2) is 102 Å². The van der Waals surface area contributed by atoms with Gasteiger partial charge in [0.05, 0.1) is 10.0 Å². The molecule has 1 aromatic heterocycles. The summed E-state index contributed by atoms with van der Waals surface area (Å²) in [6.45, 7) is 2.20. The van der Waals surface area contributed by atoms with Gasteiger partial charge in [0.1, 0.15) is 14.9 Å². The number of aryl methyl sites for hydroxylation is 1. The van der Waals surface area contributed by atoms with Gasteiger partial charge in [-0.15, -0.1) is 10.2 Å². The number of nitrogens with zero attached hydrogens (tertiary/aromatic N) is 4. The maximum absolute atomic E-state index is 7.07. The van der Waals surface area contributed by atoms with E-state index in [0.29, 0.717) is 35.8 Å². The molecule has 5 nitrogen and oxygen atoms in total. The van der Waals surface area contributed by atoms with Crippen molar-refractivity contribution in [3.8, 4) is 0 Å². The fourth-order valence-electron chi connectivity index (χ4n) is 5.59.